The van der Waals surface area contributed by atoms with E-state index in [2.05, 4.69) is 32.2 Å². The number of anilines is 1. The van der Waals surface area contributed by atoms with E-state index in [0.717, 1.165) is 25.2 Å². The maximum absolute atomic E-state index is 12.5. The van der Waals surface area contributed by atoms with Crippen LogP contribution in [-0.4, -0.2) is 70.0 Å². The number of carbonyl (C=O) groups is 1. The molecule has 8 nitrogen and oxygen atoms in total. The minimum Gasteiger partial charge on any atom is -0.348 e. The number of nitrogens with zero attached hydrogens (tertiary/aromatic N) is 5. The zero-order valence-electron chi connectivity index (χ0n) is 12.2. The van der Waals surface area contributed by atoms with E-state index in [1.807, 2.05) is 16.8 Å². The van der Waals surface area contributed by atoms with Crippen molar-refractivity contribution in [3.8, 4) is 0 Å². The molecule has 1 amide bonds. The van der Waals surface area contributed by atoms with Crippen LogP contribution in [0.25, 0.3) is 11.2 Å². The van der Waals surface area contributed by atoms with Crippen molar-refractivity contribution < 1.29 is 4.79 Å². The van der Waals surface area contributed by atoms with Gasteiger partial charge in [-0.1, -0.05) is 0 Å². The van der Waals surface area contributed by atoms with Gasteiger partial charge in [-0.25, -0.2) is 15.0 Å². The summed E-state index contributed by atoms with van der Waals surface area (Å²) in [5.41, 5.74) is 1.36. The molecule has 1 unspecified atom stereocenters. The first kappa shape index (κ1) is 13.7. The quantitative estimate of drug-likeness (QED) is 0.800. The Labute approximate surface area is 122 Å². The van der Waals surface area contributed by atoms with Crippen LogP contribution in [0.4, 0.5) is 5.82 Å². The Morgan fingerprint density at radius 1 is 1.48 bits per heavy atom. The van der Waals surface area contributed by atoms with Crippen LogP contribution >= 0.6 is 0 Å². The fourth-order valence-electron chi connectivity index (χ4n) is 2.62. The van der Waals surface area contributed by atoms with Crippen LogP contribution in [0.15, 0.2) is 12.7 Å². The molecule has 3 rings (SSSR count). The van der Waals surface area contributed by atoms with Crippen LogP contribution in [0.5, 0.6) is 0 Å². The SMILES string of the molecule is CC1CNCCN1C(=O)CN(C)c1ncnc2nc[nH]c12. The first-order valence-corrected chi connectivity index (χ1v) is 7.02. The van der Waals surface area contributed by atoms with Crippen molar-refractivity contribution in [2.45, 2.75) is 13.0 Å². The van der Waals surface area contributed by atoms with Crippen LogP contribution < -0.4 is 10.2 Å². The Balaban J connectivity index is 1.75. The predicted octanol–water partition coefficient (Wildman–Crippen LogP) is -0.391. The second-order valence-electron chi connectivity index (χ2n) is 5.29. The molecule has 2 aromatic rings. The Bertz CT molecular complexity index is 640. The highest BCUT2D eigenvalue weighted by Crippen LogP contribution is 2.18. The molecule has 1 aliphatic heterocycles. The van der Waals surface area contributed by atoms with Gasteiger partial charge < -0.3 is 20.1 Å². The molecule has 0 aliphatic carbocycles. The molecular weight excluding hydrogens is 270 g/mol. The third kappa shape index (κ3) is 2.66. The average molecular weight is 289 g/mol. The summed E-state index contributed by atoms with van der Waals surface area (Å²) in [5.74, 6) is 0.798. The van der Waals surface area contributed by atoms with Crippen molar-refractivity contribution >= 4 is 22.9 Å². The number of hydrogen-bond acceptors (Lipinski definition) is 6. The Hall–Kier alpha value is -2.22. The Morgan fingerprint density at radius 2 is 2.33 bits per heavy atom. The molecular formula is C13H19N7O. The van der Waals surface area contributed by atoms with E-state index in [-0.39, 0.29) is 18.5 Å². The first-order valence-electron chi connectivity index (χ1n) is 7.02. The molecule has 0 radical (unpaired) electrons. The van der Waals surface area contributed by atoms with Crippen molar-refractivity contribution in [3.05, 3.63) is 12.7 Å². The predicted molar refractivity (Wildman–Crippen MR) is 79.0 cm³/mol. The van der Waals surface area contributed by atoms with Crippen LogP contribution in [0.2, 0.25) is 0 Å². The fourth-order valence-corrected chi connectivity index (χ4v) is 2.62. The highest BCUT2D eigenvalue weighted by molar-refractivity contribution is 5.87. The molecule has 8 heteroatoms. The zero-order valence-corrected chi connectivity index (χ0v) is 12.2. The van der Waals surface area contributed by atoms with Gasteiger partial charge in [-0.3, -0.25) is 4.79 Å². The van der Waals surface area contributed by atoms with E-state index in [4.69, 9.17) is 0 Å². The molecule has 3 heterocycles. The molecule has 0 aromatic carbocycles. The van der Waals surface area contributed by atoms with Gasteiger partial charge in [-0.2, -0.15) is 0 Å². The molecule has 21 heavy (non-hydrogen) atoms. The highest BCUT2D eigenvalue weighted by Gasteiger charge is 2.24. The van der Waals surface area contributed by atoms with Gasteiger partial charge in [0.2, 0.25) is 5.91 Å². The van der Waals surface area contributed by atoms with E-state index >= 15 is 0 Å². The monoisotopic (exact) mass is 289 g/mol. The number of piperazine rings is 1. The number of aromatic nitrogens is 4. The van der Waals surface area contributed by atoms with Gasteiger partial charge in [0.1, 0.15) is 11.8 Å². The lowest BCUT2D eigenvalue weighted by Gasteiger charge is -2.35. The second kappa shape index (κ2) is 5.65. The summed E-state index contributed by atoms with van der Waals surface area (Å²) in [6, 6.07) is 0.220. The Morgan fingerprint density at radius 3 is 3.14 bits per heavy atom. The van der Waals surface area contributed by atoms with E-state index in [0.29, 0.717) is 11.5 Å². The van der Waals surface area contributed by atoms with Gasteiger partial charge in [-0.15, -0.1) is 0 Å². The van der Waals surface area contributed by atoms with E-state index in [9.17, 15) is 4.79 Å². The van der Waals surface area contributed by atoms with Gasteiger partial charge in [0.15, 0.2) is 11.5 Å². The number of rotatable bonds is 3. The molecule has 112 valence electrons. The van der Waals surface area contributed by atoms with E-state index in [1.165, 1.54) is 6.33 Å². The number of imidazole rings is 1. The van der Waals surface area contributed by atoms with Crippen LogP contribution in [0.3, 0.4) is 0 Å². The third-order valence-electron chi connectivity index (χ3n) is 3.76. The number of carbonyl (C=O) groups excluding carboxylic acids is 1. The lowest BCUT2D eigenvalue weighted by molar-refractivity contribution is -0.132. The van der Waals surface area contributed by atoms with Gasteiger partial charge in [0.05, 0.1) is 12.9 Å². The molecule has 1 fully saturated rings. The van der Waals surface area contributed by atoms with Gasteiger partial charge in [-0.05, 0) is 6.92 Å². The van der Waals surface area contributed by atoms with Crippen molar-refractivity contribution in [1.29, 1.82) is 0 Å². The second-order valence-corrected chi connectivity index (χ2v) is 5.29. The minimum atomic E-state index is 0.109. The number of amides is 1. The lowest BCUT2D eigenvalue weighted by atomic mass is 10.2. The molecule has 0 spiro atoms. The summed E-state index contributed by atoms with van der Waals surface area (Å²) in [4.78, 5) is 31.7. The Kier molecular flexibility index (Phi) is 3.70. The zero-order chi connectivity index (χ0) is 14.8. The van der Waals surface area contributed by atoms with E-state index < -0.39 is 0 Å². The number of fused-ring (bicyclic) bond motifs is 1. The average Bonchev–Trinajstić information content (AvgIpc) is 2.95. The molecule has 1 saturated heterocycles. The molecule has 2 N–H and O–H groups in total. The summed E-state index contributed by atoms with van der Waals surface area (Å²) < 4.78 is 0. The number of aromatic amines is 1. The van der Waals surface area contributed by atoms with Crippen molar-refractivity contribution in [3.63, 3.8) is 0 Å². The fraction of sp³-hybridized carbons (Fsp3) is 0.538. The first-order chi connectivity index (χ1) is 10.2. The van der Waals surface area contributed by atoms with Crippen molar-refractivity contribution in [1.82, 2.24) is 30.2 Å². The topological polar surface area (TPSA) is 90.0 Å². The van der Waals surface area contributed by atoms with Crippen molar-refractivity contribution in [2.75, 3.05) is 38.1 Å². The molecule has 0 saturated carbocycles. The number of hydrogen-bond donors (Lipinski definition) is 2. The van der Waals surface area contributed by atoms with Crippen LogP contribution in [0, 0.1) is 0 Å². The number of nitrogens with one attached hydrogen (secondary N) is 2. The maximum Gasteiger partial charge on any atom is 0.242 e. The maximum atomic E-state index is 12.5. The third-order valence-corrected chi connectivity index (χ3v) is 3.76. The summed E-state index contributed by atoms with van der Waals surface area (Å²) >= 11 is 0. The molecule has 1 atom stereocenters. The standard InChI is InChI=1S/C13H19N7O/c1-9-5-14-3-4-20(9)10(21)6-19(2)13-11-12(16-7-15-11)17-8-18-13/h7-9,14H,3-6H2,1-2H3,(H,15,16,17,18). The largest absolute Gasteiger partial charge is 0.348 e. The number of H-pyrrole nitrogens is 1. The minimum absolute atomic E-state index is 0.109. The summed E-state index contributed by atoms with van der Waals surface area (Å²) in [5, 5.41) is 3.28. The van der Waals surface area contributed by atoms with Crippen LogP contribution in [0.1, 0.15) is 6.92 Å². The lowest BCUT2D eigenvalue weighted by Crippen LogP contribution is -2.54. The van der Waals surface area contributed by atoms with Gasteiger partial charge >= 0.3 is 0 Å². The molecule has 2 aromatic heterocycles. The summed E-state index contributed by atoms with van der Waals surface area (Å²) in [6.07, 6.45) is 3.05. The molecule has 0 bridgehead atoms. The summed E-state index contributed by atoms with van der Waals surface area (Å²) in [6.45, 7) is 4.78. The van der Waals surface area contributed by atoms with E-state index in [1.54, 1.807) is 6.33 Å². The van der Waals surface area contributed by atoms with Crippen molar-refractivity contribution in [2.24, 2.45) is 0 Å². The molecule has 1 aliphatic rings. The normalized spacial score (nSPS) is 19.0. The summed E-state index contributed by atoms with van der Waals surface area (Å²) in [7, 11) is 1.85. The smallest absolute Gasteiger partial charge is 0.242 e. The number of likely N-dealkylation sites (N-methyl/N-ethyl adjacent to an activating group) is 1. The van der Waals surface area contributed by atoms with Crippen LogP contribution in [-0.2, 0) is 4.79 Å². The van der Waals surface area contributed by atoms with Gasteiger partial charge in [0, 0.05) is 32.7 Å². The van der Waals surface area contributed by atoms with Gasteiger partial charge in [0.25, 0.3) is 0 Å². The highest BCUT2D eigenvalue weighted by atomic mass is 16.2.